The molecule has 4 aromatic rings. The van der Waals surface area contributed by atoms with Crippen LogP contribution >= 0.6 is 11.6 Å². The fourth-order valence-corrected chi connectivity index (χ4v) is 4.07. The Labute approximate surface area is 210 Å². The zero-order valence-corrected chi connectivity index (χ0v) is 20.5. The number of likely N-dealkylation sites (N-methyl/N-ethyl adjacent to an activating group) is 1. The number of carbonyl (C=O) groups excluding carboxylic acids is 1. The minimum absolute atomic E-state index is 0.135. The Kier molecular flexibility index (Phi) is 7.57. The van der Waals surface area contributed by atoms with E-state index in [4.69, 9.17) is 11.6 Å². The fourth-order valence-electron chi connectivity index (χ4n) is 3.37. The minimum Gasteiger partial charge on any atom is -0.337 e. The van der Waals surface area contributed by atoms with Crippen LogP contribution in [0.1, 0.15) is 0 Å². The van der Waals surface area contributed by atoms with E-state index in [2.05, 4.69) is 20.6 Å². The van der Waals surface area contributed by atoms with Gasteiger partial charge in [0.2, 0.25) is 5.91 Å². The molecule has 0 fully saturated rings. The Morgan fingerprint density at radius 2 is 1.66 bits per heavy atom. The van der Waals surface area contributed by atoms with Crippen LogP contribution in [-0.2, 0) is 16.1 Å². The van der Waals surface area contributed by atoms with Crippen LogP contribution in [-0.4, -0.2) is 50.2 Å². The van der Waals surface area contributed by atoms with Crippen molar-refractivity contribution in [2.45, 2.75) is 0 Å². The lowest BCUT2D eigenvalue weighted by atomic mass is 10.2. The molecule has 9 nitrogen and oxygen atoms in total. The van der Waals surface area contributed by atoms with Gasteiger partial charge in [-0.25, -0.2) is 18.5 Å². The van der Waals surface area contributed by atoms with Gasteiger partial charge in [-0.2, -0.15) is 0 Å². The van der Waals surface area contributed by atoms with E-state index >= 15 is 0 Å². The zero-order valence-electron chi connectivity index (χ0n) is 19.0. The van der Waals surface area contributed by atoms with Crippen LogP contribution in [0.4, 0.5) is 28.7 Å². The standard InChI is InChI=1S/C24H23ClN6O3S/c1-30(2)15-22(32)26-18-6-5-7-19(14-18)31(35(33)34)24-23(27-17-12-10-16(25)11-13-17)28-20-8-3-4-9-21(20)29-24/h3-14H,15H2,1-2H3,(H,26,32)(H,27,28)(H,33,34). The fraction of sp³-hybridized carbons (Fsp3) is 0.125. The maximum atomic E-state index is 12.6. The van der Waals surface area contributed by atoms with Crippen LogP contribution in [0.2, 0.25) is 5.02 Å². The van der Waals surface area contributed by atoms with Crippen molar-refractivity contribution in [1.82, 2.24) is 14.9 Å². The van der Waals surface area contributed by atoms with E-state index in [1.54, 1.807) is 79.7 Å². The number of aromatic nitrogens is 2. The molecule has 3 aromatic carbocycles. The molecule has 0 spiro atoms. The second-order valence-electron chi connectivity index (χ2n) is 7.88. The molecule has 4 rings (SSSR count). The van der Waals surface area contributed by atoms with Crippen molar-refractivity contribution >= 4 is 68.5 Å². The first kappa shape index (κ1) is 24.6. The first-order valence-corrected chi connectivity index (χ1v) is 12.0. The topological polar surface area (TPSA) is 111 Å². The van der Waals surface area contributed by atoms with Crippen molar-refractivity contribution in [1.29, 1.82) is 0 Å². The van der Waals surface area contributed by atoms with Crippen LogP contribution in [0.25, 0.3) is 11.0 Å². The number of benzene rings is 3. The number of nitrogens with zero attached hydrogens (tertiary/aromatic N) is 4. The molecule has 0 saturated carbocycles. The van der Waals surface area contributed by atoms with Gasteiger partial charge in [0.05, 0.1) is 23.3 Å². The molecule has 1 atom stereocenters. The Balaban J connectivity index is 1.78. The largest absolute Gasteiger partial charge is 0.337 e. The second-order valence-corrected chi connectivity index (χ2v) is 9.14. The number of halogens is 1. The molecule has 0 aliphatic carbocycles. The summed E-state index contributed by atoms with van der Waals surface area (Å²) in [5.41, 5.74) is 2.66. The second kappa shape index (κ2) is 10.8. The SMILES string of the molecule is CN(C)CC(=O)Nc1cccc(N(c2nc3ccccc3nc2Nc2ccc(Cl)cc2)S(=O)O)c1. The van der Waals surface area contributed by atoms with E-state index < -0.39 is 11.3 Å². The third kappa shape index (κ3) is 6.11. The van der Waals surface area contributed by atoms with Gasteiger partial charge in [-0.1, -0.05) is 29.8 Å². The summed E-state index contributed by atoms with van der Waals surface area (Å²) in [6.45, 7) is 0.200. The normalized spacial score (nSPS) is 11.9. The summed E-state index contributed by atoms with van der Waals surface area (Å²) in [5.74, 6) is 0.200. The Bertz CT molecular complexity index is 1380. The van der Waals surface area contributed by atoms with E-state index in [1.807, 2.05) is 12.1 Å². The van der Waals surface area contributed by atoms with E-state index in [0.717, 1.165) is 4.31 Å². The summed E-state index contributed by atoms with van der Waals surface area (Å²) < 4.78 is 24.0. The highest BCUT2D eigenvalue weighted by Crippen LogP contribution is 2.35. The summed E-state index contributed by atoms with van der Waals surface area (Å²) in [6.07, 6.45) is 0. The highest BCUT2D eigenvalue weighted by molar-refractivity contribution is 7.81. The maximum absolute atomic E-state index is 12.6. The van der Waals surface area contributed by atoms with Crippen LogP contribution in [0, 0.1) is 0 Å². The number of amides is 1. The van der Waals surface area contributed by atoms with Gasteiger partial charge in [0.15, 0.2) is 11.6 Å². The highest BCUT2D eigenvalue weighted by atomic mass is 35.5. The first-order chi connectivity index (χ1) is 16.8. The van der Waals surface area contributed by atoms with Crippen LogP contribution in [0.5, 0.6) is 0 Å². The monoisotopic (exact) mass is 510 g/mol. The van der Waals surface area contributed by atoms with Gasteiger partial charge in [0, 0.05) is 16.4 Å². The number of nitrogens with one attached hydrogen (secondary N) is 2. The van der Waals surface area contributed by atoms with Gasteiger partial charge >= 0.3 is 0 Å². The summed E-state index contributed by atoms with van der Waals surface area (Å²) in [6, 6.07) is 20.8. The van der Waals surface area contributed by atoms with Crippen molar-refractivity contribution in [2.24, 2.45) is 0 Å². The number of hydrogen-bond donors (Lipinski definition) is 3. The number of carbonyl (C=O) groups is 1. The average Bonchev–Trinajstić information content (AvgIpc) is 2.80. The van der Waals surface area contributed by atoms with Crippen molar-refractivity contribution in [2.75, 3.05) is 35.6 Å². The van der Waals surface area contributed by atoms with E-state index in [-0.39, 0.29) is 24.1 Å². The predicted octanol–water partition coefficient (Wildman–Crippen LogP) is 4.80. The number of anilines is 5. The summed E-state index contributed by atoms with van der Waals surface area (Å²) in [5, 5.41) is 6.54. The summed E-state index contributed by atoms with van der Waals surface area (Å²) in [4.78, 5) is 23.3. The molecule has 0 bridgehead atoms. The number of rotatable bonds is 8. The molecule has 0 aliphatic heterocycles. The van der Waals surface area contributed by atoms with Crippen molar-refractivity contribution in [3.05, 3.63) is 77.8 Å². The van der Waals surface area contributed by atoms with Gasteiger partial charge in [-0.3, -0.25) is 9.35 Å². The van der Waals surface area contributed by atoms with Gasteiger partial charge < -0.3 is 15.5 Å². The van der Waals surface area contributed by atoms with Gasteiger partial charge in [-0.15, -0.1) is 0 Å². The molecule has 180 valence electrons. The Morgan fingerprint density at radius 3 is 2.31 bits per heavy atom. The molecule has 11 heteroatoms. The zero-order chi connectivity index (χ0) is 24.9. The quantitative estimate of drug-likeness (QED) is 0.292. The predicted molar refractivity (Wildman–Crippen MR) is 141 cm³/mol. The smallest absolute Gasteiger partial charge is 0.268 e. The average molecular weight is 511 g/mol. The van der Waals surface area contributed by atoms with E-state index in [1.165, 1.54) is 0 Å². The molecular weight excluding hydrogens is 488 g/mol. The molecule has 1 heterocycles. The van der Waals surface area contributed by atoms with Crippen LogP contribution in [0.15, 0.2) is 72.8 Å². The van der Waals surface area contributed by atoms with Crippen molar-refractivity contribution in [3.8, 4) is 0 Å². The van der Waals surface area contributed by atoms with E-state index in [9.17, 15) is 13.6 Å². The molecule has 1 amide bonds. The number of fused-ring (bicyclic) bond motifs is 1. The molecule has 0 aliphatic rings. The van der Waals surface area contributed by atoms with Crippen molar-refractivity contribution in [3.63, 3.8) is 0 Å². The number of para-hydroxylation sites is 2. The molecule has 0 saturated heterocycles. The maximum Gasteiger partial charge on any atom is 0.268 e. The first-order valence-electron chi connectivity index (χ1n) is 10.6. The Morgan fingerprint density at radius 1 is 0.971 bits per heavy atom. The lowest BCUT2D eigenvalue weighted by molar-refractivity contribution is -0.116. The molecular formula is C24H23ClN6O3S. The molecule has 1 unspecified atom stereocenters. The van der Waals surface area contributed by atoms with Crippen LogP contribution in [0.3, 0.4) is 0 Å². The molecule has 35 heavy (non-hydrogen) atoms. The Hall–Kier alpha value is -3.57. The molecule has 0 radical (unpaired) electrons. The lowest BCUT2D eigenvalue weighted by Crippen LogP contribution is -2.27. The summed E-state index contributed by atoms with van der Waals surface area (Å²) in [7, 11) is 3.58. The van der Waals surface area contributed by atoms with Crippen LogP contribution < -0.4 is 14.9 Å². The molecule has 3 N–H and O–H groups in total. The third-order valence-corrected chi connectivity index (χ3v) is 5.78. The third-order valence-electron chi connectivity index (χ3n) is 4.83. The van der Waals surface area contributed by atoms with Gasteiger partial charge in [0.25, 0.3) is 11.3 Å². The molecule has 1 aromatic heterocycles. The van der Waals surface area contributed by atoms with Gasteiger partial charge in [0.1, 0.15) is 0 Å². The van der Waals surface area contributed by atoms with Crippen molar-refractivity contribution < 1.29 is 13.6 Å². The minimum atomic E-state index is -2.50. The number of hydrogen-bond acceptors (Lipinski definition) is 6. The highest BCUT2D eigenvalue weighted by Gasteiger charge is 2.23. The van der Waals surface area contributed by atoms with E-state index in [0.29, 0.717) is 33.1 Å². The lowest BCUT2D eigenvalue weighted by Gasteiger charge is -2.23. The summed E-state index contributed by atoms with van der Waals surface area (Å²) >= 11 is 3.50. The van der Waals surface area contributed by atoms with Gasteiger partial charge in [-0.05, 0) is 68.7 Å².